The van der Waals surface area contributed by atoms with Crippen molar-refractivity contribution in [2.45, 2.75) is 52.2 Å². The Morgan fingerprint density at radius 3 is 2.58 bits per heavy atom. The van der Waals surface area contributed by atoms with Gasteiger partial charge >= 0.3 is 0 Å². The average Bonchev–Trinajstić information content (AvgIpc) is 2.72. The molecule has 0 aromatic heterocycles. The lowest BCUT2D eigenvalue weighted by Crippen LogP contribution is -2.29. The smallest absolute Gasteiger partial charge is 0.174 e. The molecule has 2 aliphatic heterocycles. The summed E-state index contributed by atoms with van der Waals surface area (Å²) in [6.45, 7) is 7.96. The number of phenols is 1. The van der Waals surface area contributed by atoms with Crippen molar-refractivity contribution in [1.82, 2.24) is 0 Å². The number of carbonyl (C=O) groups is 1. The molecule has 5 heteroatoms. The third-order valence-electron chi connectivity index (χ3n) is 5.64. The first-order chi connectivity index (χ1) is 14.7. The molecule has 0 fully saturated rings. The zero-order valence-electron chi connectivity index (χ0n) is 18.6. The number of rotatable bonds is 4. The van der Waals surface area contributed by atoms with Crippen molar-refractivity contribution in [3.63, 3.8) is 0 Å². The first-order valence-corrected chi connectivity index (χ1v) is 10.5. The second-order valence-corrected chi connectivity index (χ2v) is 8.81. The minimum Gasteiger partial charge on any atom is -0.506 e. The Labute approximate surface area is 183 Å². The maximum absolute atomic E-state index is 13.2. The summed E-state index contributed by atoms with van der Waals surface area (Å²) in [4.78, 5) is 13.2. The monoisotopic (exact) mass is 420 g/mol. The third kappa shape index (κ3) is 3.92. The topological polar surface area (TPSA) is 65.0 Å². The number of fused-ring (bicyclic) bond motifs is 2. The minimum absolute atomic E-state index is 0.0733. The number of allylic oxidation sites excluding steroid dienone is 2. The molecular formula is C26H28O5. The molecule has 31 heavy (non-hydrogen) atoms. The zero-order chi connectivity index (χ0) is 22.3. The van der Waals surface area contributed by atoms with Crippen molar-refractivity contribution in [2.24, 2.45) is 0 Å². The van der Waals surface area contributed by atoms with Gasteiger partial charge in [-0.3, -0.25) is 4.79 Å². The highest BCUT2D eigenvalue weighted by atomic mass is 16.5. The van der Waals surface area contributed by atoms with Gasteiger partial charge in [0.1, 0.15) is 40.3 Å². The number of phenolic OH excluding ortho intramolecular Hbond substituents is 1. The summed E-state index contributed by atoms with van der Waals surface area (Å²) in [5, 5.41) is 11.0. The molecule has 5 nitrogen and oxygen atoms in total. The summed E-state index contributed by atoms with van der Waals surface area (Å²) in [6, 6.07) is 7.50. The molecule has 1 atom stereocenters. The van der Waals surface area contributed by atoms with Gasteiger partial charge in [0.25, 0.3) is 0 Å². The Hall–Kier alpha value is -3.21. The molecule has 2 aromatic rings. The summed E-state index contributed by atoms with van der Waals surface area (Å²) in [5.74, 6) is 1.51. The van der Waals surface area contributed by atoms with Gasteiger partial charge in [0.15, 0.2) is 5.78 Å². The minimum atomic E-state index is -0.526. The second-order valence-electron chi connectivity index (χ2n) is 8.81. The molecule has 4 rings (SSSR count). The van der Waals surface area contributed by atoms with Crippen LogP contribution in [0.2, 0.25) is 0 Å². The molecule has 162 valence electrons. The standard InChI is InChI=1S/C26H28O5/c1-15(2)6-11-19-24-18(12-13-26(3,4)31-24)23(28)22-20(27)14-21(30-25(19)22)16-7-9-17(29-5)10-8-16/h6-10,12-13,21,28H,11,14H2,1-5H3. The quantitative estimate of drug-likeness (QED) is 0.633. The average molecular weight is 421 g/mol. The fourth-order valence-electron chi connectivity index (χ4n) is 3.96. The van der Waals surface area contributed by atoms with E-state index in [0.717, 1.165) is 22.4 Å². The van der Waals surface area contributed by atoms with Gasteiger partial charge in [-0.15, -0.1) is 0 Å². The summed E-state index contributed by atoms with van der Waals surface area (Å²) in [6.07, 6.45) is 6.06. The Morgan fingerprint density at radius 2 is 1.94 bits per heavy atom. The molecule has 0 saturated heterocycles. The predicted octanol–water partition coefficient (Wildman–Crippen LogP) is 5.80. The van der Waals surface area contributed by atoms with E-state index in [1.165, 1.54) is 0 Å². The number of hydrogen-bond acceptors (Lipinski definition) is 5. The lowest BCUT2D eigenvalue weighted by molar-refractivity contribution is 0.0839. The van der Waals surface area contributed by atoms with Crippen LogP contribution in [0.1, 0.15) is 67.3 Å². The number of methoxy groups -OCH3 is 1. The fraction of sp³-hybridized carbons (Fsp3) is 0.346. The normalized spacial score (nSPS) is 18.4. The van der Waals surface area contributed by atoms with Crippen LogP contribution < -0.4 is 14.2 Å². The van der Waals surface area contributed by atoms with Crippen LogP contribution in [-0.4, -0.2) is 23.6 Å². The van der Waals surface area contributed by atoms with Gasteiger partial charge in [-0.1, -0.05) is 23.8 Å². The molecule has 2 heterocycles. The van der Waals surface area contributed by atoms with E-state index >= 15 is 0 Å². The van der Waals surface area contributed by atoms with E-state index in [9.17, 15) is 9.90 Å². The van der Waals surface area contributed by atoms with Crippen LogP contribution >= 0.6 is 0 Å². The van der Waals surface area contributed by atoms with E-state index in [-0.39, 0.29) is 23.5 Å². The SMILES string of the molecule is COc1ccc(C2CC(=O)c3c(O)c4c(c(CC=C(C)C)c3O2)OC(C)(C)C=C4)cc1. The van der Waals surface area contributed by atoms with Crippen LogP contribution in [0.5, 0.6) is 23.0 Å². The van der Waals surface area contributed by atoms with Gasteiger partial charge in [-0.05, 0) is 64.0 Å². The van der Waals surface area contributed by atoms with E-state index in [2.05, 4.69) is 6.08 Å². The highest BCUT2D eigenvalue weighted by molar-refractivity contribution is 6.05. The highest BCUT2D eigenvalue weighted by Crippen LogP contribution is 2.51. The van der Waals surface area contributed by atoms with Crippen LogP contribution in [0.4, 0.5) is 0 Å². The van der Waals surface area contributed by atoms with E-state index in [4.69, 9.17) is 14.2 Å². The zero-order valence-corrected chi connectivity index (χ0v) is 18.6. The number of carbonyl (C=O) groups excluding carboxylic acids is 1. The van der Waals surface area contributed by atoms with Gasteiger partial charge in [-0.2, -0.15) is 0 Å². The number of aromatic hydroxyl groups is 1. The maximum atomic E-state index is 13.2. The van der Waals surface area contributed by atoms with Gasteiger partial charge in [0, 0.05) is 5.56 Å². The predicted molar refractivity (Wildman–Crippen MR) is 120 cm³/mol. The molecule has 2 aliphatic rings. The fourth-order valence-corrected chi connectivity index (χ4v) is 3.96. The van der Waals surface area contributed by atoms with Crippen LogP contribution in [0.25, 0.3) is 6.08 Å². The number of ketones is 1. The van der Waals surface area contributed by atoms with Crippen LogP contribution in [0.15, 0.2) is 42.0 Å². The summed E-state index contributed by atoms with van der Waals surface area (Å²) < 4.78 is 17.9. The van der Waals surface area contributed by atoms with Crippen molar-refractivity contribution in [1.29, 1.82) is 0 Å². The molecule has 1 N–H and O–H groups in total. The molecule has 2 aromatic carbocycles. The summed E-state index contributed by atoms with van der Waals surface area (Å²) >= 11 is 0. The van der Waals surface area contributed by atoms with E-state index < -0.39 is 11.7 Å². The lowest BCUT2D eigenvalue weighted by atomic mass is 9.88. The van der Waals surface area contributed by atoms with Gasteiger partial charge < -0.3 is 19.3 Å². The van der Waals surface area contributed by atoms with Crippen molar-refractivity contribution in [3.05, 3.63) is 64.2 Å². The Bertz CT molecular complexity index is 1090. The number of hydrogen-bond donors (Lipinski definition) is 1. The largest absolute Gasteiger partial charge is 0.506 e. The Balaban J connectivity index is 1.86. The van der Waals surface area contributed by atoms with Gasteiger partial charge in [-0.25, -0.2) is 0 Å². The van der Waals surface area contributed by atoms with Crippen molar-refractivity contribution in [3.8, 4) is 23.0 Å². The van der Waals surface area contributed by atoms with Gasteiger partial charge in [0.2, 0.25) is 0 Å². The highest BCUT2D eigenvalue weighted by Gasteiger charge is 2.37. The molecule has 0 amide bonds. The van der Waals surface area contributed by atoms with Gasteiger partial charge in [0.05, 0.1) is 19.1 Å². The van der Waals surface area contributed by atoms with E-state index in [1.54, 1.807) is 7.11 Å². The first-order valence-electron chi connectivity index (χ1n) is 10.5. The lowest BCUT2D eigenvalue weighted by Gasteiger charge is -2.34. The van der Waals surface area contributed by atoms with Crippen molar-refractivity contribution >= 4 is 11.9 Å². The van der Waals surface area contributed by atoms with Crippen LogP contribution in [0.3, 0.4) is 0 Å². The Morgan fingerprint density at radius 1 is 1.23 bits per heavy atom. The molecule has 0 spiro atoms. The molecule has 0 bridgehead atoms. The first kappa shape index (κ1) is 21.0. The Kier molecular flexibility index (Phi) is 5.29. The number of benzene rings is 2. The number of ether oxygens (including phenoxy) is 3. The van der Waals surface area contributed by atoms with Crippen molar-refractivity contribution in [2.75, 3.05) is 7.11 Å². The van der Waals surface area contributed by atoms with E-state index in [1.807, 2.05) is 64.1 Å². The second kappa shape index (κ2) is 7.80. The molecule has 0 saturated carbocycles. The third-order valence-corrected chi connectivity index (χ3v) is 5.64. The maximum Gasteiger partial charge on any atom is 0.174 e. The summed E-state index contributed by atoms with van der Waals surface area (Å²) in [7, 11) is 1.61. The summed E-state index contributed by atoms with van der Waals surface area (Å²) in [5.41, 5.74) is 3.07. The molecule has 0 radical (unpaired) electrons. The van der Waals surface area contributed by atoms with E-state index in [0.29, 0.717) is 23.5 Å². The van der Waals surface area contributed by atoms with Crippen LogP contribution in [-0.2, 0) is 6.42 Å². The van der Waals surface area contributed by atoms with Crippen molar-refractivity contribution < 1.29 is 24.1 Å². The van der Waals surface area contributed by atoms with Crippen LogP contribution in [0, 0.1) is 0 Å². The molecule has 1 unspecified atom stereocenters. The number of Topliss-reactive ketones (excluding diaryl/α,β-unsaturated/α-hetero) is 1. The molecule has 0 aliphatic carbocycles. The molecular weight excluding hydrogens is 392 g/mol.